The Morgan fingerprint density at radius 3 is 2.38 bits per heavy atom. The van der Waals surface area contributed by atoms with E-state index < -0.39 is 33.9 Å². The Hall–Kier alpha value is -1.74. The molecular weight excluding hydrogens is 247 g/mol. The lowest BCUT2D eigenvalue weighted by atomic mass is 10.0. The summed E-state index contributed by atoms with van der Waals surface area (Å²) in [6.07, 6.45) is -4.79. The zero-order valence-electron chi connectivity index (χ0n) is 7.47. The van der Waals surface area contributed by atoms with Crippen LogP contribution in [0.3, 0.4) is 0 Å². The average Bonchev–Trinajstić information content (AvgIpc) is 2.14. The number of halogens is 4. The number of nitrogens with zero attached hydrogens (tertiary/aromatic N) is 1. The Kier molecular flexibility index (Phi) is 3.10. The molecule has 0 aliphatic carbocycles. The van der Waals surface area contributed by atoms with E-state index in [0.717, 1.165) is 0 Å². The van der Waals surface area contributed by atoms with E-state index in [2.05, 4.69) is 0 Å². The molecule has 0 saturated carbocycles. The molecule has 84 valence electrons. The molecule has 3 nitrogen and oxygen atoms in total. The van der Waals surface area contributed by atoms with Gasteiger partial charge in [0.1, 0.15) is 0 Å². The highest BCUT2D eigenvalue weighted by atomic mass is 35.5. The van der Waals surface area contributed by atoms with Crippen molar-refractivity contribution >= 4 is 17.6 Å². The largest absolute Gasteiger partial charge is 0.478 e. The van der Waals surface area contributed by atoms with Gasteiger partial charge in [0, 0.05) is 0 Å². The van der Waals surface area contributed by atoms with Crippen molar-refractivity contribution in [3.05, 3.63) is 33.8 Å². The van der Waals surface area contributed by atoms with E-state index in [1.807, 2.05) is 0 Å². The van der Waals surface area contributed by atoms with Crippen molar-refractivity contribution in [1.29, 1.82) is 5.26 Å². The van der Waals surface area contributed by atoms with Gasteiger partial charge in [-0.25, -0.2) is 4.79 Å². The molecule has 16 heavy (non-hydrogen) atoms. The summed E-state index contributed by atoms with van der Waals surface area (Å²) in [6.45, 7) is 0. The van der Waals surface area contributed by atoms with Crippen molar-refractivity contribution in [2.45, 2.75) is 6.18 Å². The minimum Gasteiger partial charge on any atom is -0.478 e. The van der Waals surface area contributed by atoms with Crippen LogP contribution in [0.5, 0.6) is 0 Å². The van der Waals surface area contributed by atoms with Crippen LogP contribution in [-0.4, -0.2) is 11.1 Å². The van der Waals surface area contributed by atoms with Crippen molar-refractivity contribution < 1.29 is 23.1 Å². The van der Waals surface area contributed by atoms with Crippen LogP contribution < -0.4 is 0 Å². The Morgan fingerprint density at radius 2 is 2.00 bits per heavy atom. The maximum Gasteiger partial charge on any atom is 0.419 e. The number of carboxylic acid groups (broad SMARTS) is 1. The summed E-state index contributed by atoms with van der Waals surface area (Å²) in [5, 5.41) is 16.3. The van der Waals surface area contributed by atoms with Crippen molar-refractivity contribution in [3.63, 3.8) is 0 Å². The molecule has 0 amide bonds. The second kappa shape index (κ2) is 4.02. The predicted molar refractivity (Wildman–Crippen MR) is 48.1 cm³/mol. The molecule has 0 unspecified atom stereocenters. The third kappa shape index (κ3) is 2.25. The van der Waals surface area contributed by atoms with Gasteiger partial charge >= 0.3 is 12.1 Å². The lowest BCUT2D eigenvalue weighted by Gasteiger charge is -2.11. The minimum absolute atomic E-state index is 0.463. The summed E-state index contributed by atoms with van der Waals surface area (Å²) in [6, 6.07) is 2.57. The molecule has 0 spiro atoms. The van der Waals surface area contributed by atoms with E-state index in [1.165, 1.54) is 6.07 Å². The fourth-order valence-electron chi connectivity index (χ4n) is 1.11. The summed E-state index contributed by atoms with van der Waals surface area (Å²) < 4.78 is 37.3. The fourth-order valence-corrected chi connectivity index (χ4v) is 1.43. The topological polar surface area (TPSA) is 61.1 Å². The molecule has 0 saturated heterocycles. The van der Waals surface area contributed by atoms with Gasteiger partial charge in [-0.05, 0) is 12.1 Å². The highest BCUT2D eigenvalue weighted by Crippen LogP contribution is 2.37. The van der Waals surface area contributed by atoms with Gasteiger partial charge in [0.25, 0.3) is 0 Å². The molecule has 0 aliphatic heterocycles. The molecule has 1 rings (SSSR count). The van der Waals surface area contributed by atoms with E-state index in [4.69, 9.17) is 22.0 Å². The van der Waals surface area contributed by atoms with Gasteiger partial charge in [0.05, 0.1) is 27.8 Å². The monoisotopic (exact) mass is 249 g/mol. The van der Waals surface area contributed by atoms with Crippen LogP contribution >= 0.6 is 11.6 Å². The number of rotatable bonds is 1. The molecule has 7 heteroatoms. The minimum atomic E-state index is -4.79. The van der Waals surface area contributed by atoms with Crippen LogP contribution in [0.1, 0.15) is 21.5 Å². The number of carbonyl (C=O) groups is 1. The molecular formula is C9H3ClF3NO2. The normalized spacial score (nSPS) is 10.9. The number of carboxylic acids is 1. The van der Waals surface area contributed by atoms with Crippen molar-refractivity contribution in [2.75, 3.05) is 0 Å². The van der Waals surface area contributed by atoms with Crippen molar-refractivity contribution in [1.82, 2.24) is 0 Å². The van der Waals surface area contributed by atoms with Crippen molar-refractivity contribution in [2.24, 2.45) is 0 Å². The zero-order valence-corrected chi connectivity index (χ0v) is 8.23. The first-order valence-electron chi connectivity index (χ1n) is 3.81. The number of hydrogen-bond acceptors (Lipinski definition) is 2. The van der Waals surface area contributed by atoms with E-state index >= 15 is 0 Å². The van der Waals surface area contributed by atoms with Gasteiger partial charge in [-0.3, -0.25) is 0 Å². The second-order valence-electron chi connectivity index (χ2n) is 2.80. The van der Waals surface area contributed by atoms with Crippen LogP contribution in [0, 0.1) is 11.3 Å². The van der Waals surface area contributed by atoms with Gasteiger partial charge in [-0.15, -0.1) is 0 Å². The molecule has 0 heterocycles. The first-order chi connectivity index (χ1) is 7.27. The Labute approximate surface area is 92.7 Å². The van der Waals surface area contributed by atoms with E-state index in [-0.39, 0.29) is 0 Å². The predicted octanol–water partition coefficient (Wildman–Crippen LogP) is 2.93. The molecule has 0 aromatic heterocycles. The summed E-state index contributed by atoms with van der Waals surface area (Å²) in [5.74, 6) is -1.45. The summed E-state index contributed by atoms with van der Waals surface area (Å²) in [4.78, 5) is 10.5. The van der Waals surface area contributed by atoms with Crippen molar-refractivity contribution in [3.8, 4) is 6.07 Å². The lowest BCUT2D eigenvalue weighted by Crippen LogP contribution is -2.10. The molecule has 0 atom stereocenters. The van der Waals surface area contributed by atoms with Crippen LogP contribution in [0.2, 0.25) is 5.02 Å². The van der Waals surface area contributed by atoms with Gasteiger partial charge in [-0.2, -0.15) is 18.4 Å². The van der Waals surface area contributed by atoms with E-state index in [9.17, 15) is 18.0 Å². The quantitative estimate of drug-likeness (QED) is 0.832. The summed E-state index contributed by atoms with van der Waals surface area (Å²) in [7, 11) is 0. The van der Waals surface area contributed by atoms with Gasteiger partial charge in [0.2, 0.25) is 0 Å². The number of benzene rings is 1. The Balaban J connectivity index is 3.55. The molecule has 1 aromatic carbocycles. The van der Waals surface area contributed by atoms with Crippen LogP contribution in [0.4, 0.5) is 13.2 Å². The SMILES string of the molecule is N#Cc1cc(C(=O)O)cc(Cl)c1C(F)(F)F. The highest BCUT2D eigenvalue weighted by molar-refractivity contribution is 6.32. The number of aromatic carboxylic acids is 1. The molecule has 1 N–H and O–H groups in total. The van der Waals surface area contributed by atoms with E-state index in [1.54, 1.807) is 0 Å². The summed E-state index contributed by atoms with van der Waals surface area (Å²) in [5.41, 5.74) is -2.59. The van der Waals surface area contributed by atoms with Gasteiger partial charge < -0.3 is 5.11 Å². The third-order valence-electron chi connectivity index (χ3n) is 1.74. The Bertz CT molecular complexity index is 491. The lowest BCUT2D eigenvalue weighted by molar-refractivity contribution is -0.137. The molecule has 0 aliphatic rings. The number of nitriles is 1. The maximum atomic E-state index is 12.4. The molecule has 0 fully saturated rings. The van der Waals surface area contributed by atoms with E-state index in [0.29, 0.717) is 12.1 Å². The first-order valence-corrected chi connectivity index (χ1v) is 4.19. The summed E-state index contributed by atoms with van der Waals surface area (Å²) >= 11 is 5.31. The number of hydrogen-bond donors (Lipinski definition) is 1. The standard InChI is InChI=1S/C9H3ClF3NO2/c10-6-2-4(8(15)16)1-5(3-14)7(6)9(11,12)13/h1-2H,(H,15,16). The first kappa shape index (κ1) is 12.3. The average molecular weight is 250 g/mol. The Morgan fingerprint density at radius 1 is 1.44 bits per heavy atom. The highest BCUT2D eigenvalue weighted by Gasteiger charge is 2.36. The van der Waals surface area contributed by atoms with Crippen LogP contribution in [0.25, 0.3) is 0 Å². The third-order valence-corrected chi connectivity index (χ3v) is 2.04. The fraction of sp³-hybridized carbons (Fsp3) is 0.111. The zero-order chi connectivity index (χ0) is 12.5. The smallest absolute Gasteiger partial charge is 0.419 e. The van der Waals surface area contributed by atoms with Gasteiger partial charge in [0.15, 0.2) is 0 Å². The van der Waals surface area contributed by atoms with Gasteiger partial charge in [-0.1, -0.05) is 11.6 Å². The molecule has 0 bridgehead atoms. The number of alkyl halides is 3. The molecule has 1 aromatic rings. The maximum absolute atomic E-state index is 12.4. The second-order valence-corrected chi connectivity index (χ2v) is 3.20. The molecule has 0 radical (unpaired) electrons. The van der Waals surface area contributed by atoms with Crippen LogP contribution in [-0.2, 0) is 6.18 Å². The van der Waals surface area contributed by atoms with Crippen LogP contribution in [0.15, 0.2) is 12.1 Å².